The summed E-state index contributed by atoms with van der Waals surface area (Å²) in [4.78, 5) is 25.6. The molecule has 0 spiro atoms. The lowest BCUT2D eigenvalue weighted by atomic mass is 10.1. The highest BCUT2D eigenvalue weighted by Crippen LogP contribution is 2.22. The molecular weight excluding hydrogens is 258 g/mol. The van der Waals surface area contributed by atoms with Gasteiger partial charge < -0.3 is 14.4 Å². The fourth-order valence-electron chi connectivity index (χ4n) is 2.55. The van der Waals surface area contributed by atoms with Gasteiger partial charge in [-0.15, -0.1) is 0 Å². The SMILES string of the molecule is O=C(c1ccc(N2CCCC2=O)cc1)C1COCCO1. The van der Waals surface area contributed by atoms with Crippen LogP contribution in [0.15, 0.2) is 24.3 Å². The van der Waals surface area contributed by atoms with Crippen LogP contribution in [0.5, 0.6) is 0 Å². The van der Waals surface area contributed by atoms with Crippen LogP contribution in [0.1, 0.15) is 23.2 Å². The molecule has 1 atom stereocenters. The third kappa shape index (κ3) is 2.59. The minimum absolute atomic E-state index is 0.0657. The van der Waals surface area contributed by atoms with E-state index < -0.39 is 6.10 Å². The second kappa shape index (κ2) is 5.73. The summed E-state index contributed by atoms with van der Waals surface area (Å²) in [5.74, 6) is 0.0806. The Morgan fingerprint density at radius 1 is 1.20 bits per heavy atom. The maximum atomic E-state index is 12.2. The van der Waals surface area contributed by atoms with Crippen molar-refractivity contribution in [3.8, 4) is 0 Å². The Labute approximate surface area is 117 Å². The standard InChI is InChI=1S/C15H17NO4/c17-14-2-1-7-16(14)12-5-3-11(4-6-12)15(18)13-10-19-8-9-20-13/h3-6,13H,1-2,7-10H2. The molecule has 5 heteroatoms. The zero-order chi connectivity index (χ0) is 13.9. The van der Waals surface area contributed by atoms with E-state index in [1.165, 1.54) is 0 Å². The minimum Gasteiger partial charge on any atom is -0.376 e. The number of nitrogens with zero attached hydrogens (tertiary/aromatic N) is 1. The number of benzene rings is 1. The first-order valence-corrected chi connectivity index (χ1v) is 6.90. The molecule has 2 aliphatic heterocycles. The number of carbonyl (C=O) groups is 2. The van der Waals surface area contributed by atoms with Crippen molar-refractivity contribution >= 4 is 17.4 Å². The molecule has 3 rings (SSSR count). The predicted molar refractivity (Wildman–Crippen MR) is 72.9 cm³/mol. The number of ether oxygens (including phenoxy) is 2. The first kappa shape index (κ1) is 13.3. The number of amides is 1. The van der Waals surface area contributed by atoms with Crippen LogP contribution in [0.4, 0.5) is 5.69 Å². The van der Waals surface area contributed by atoms with Gasteiger partial charge in [-0.25, -0.2) is 0 Å². The zero-order valence-electron chi connectivity index (χ0n) is 11.2. The van der Waals surface area contributed by atoms with Crippen LogP contribution >= 0.6 is 0 Å². The smallest absolute Gasteiger partial charge is 0.227 e. The number of Topliss-reactive ketones (excluding diaryl/α,β-unsaturated/α-hetero) is 1. The monoisotopic (exact) mass is 275 g/mol. The number of carbonyl (C=O) groups excluding carboxylic acids is 2. The van der Waals surface area contributed by atoms with Gasteiger partial charge in [-0.3, -0.25) is 9.59 Å². The Bertz CT molecular complexity index is 505. The van der Waals surface area contributed by atoms with Crippen LogP contribution in [0.3, 0.4) is 0 Å². The summed E-state index contributed by atoms with van der Waals surface area (Å²) in [6.45, 7) is 2.06. The Hall–Kier alpha value is -1.72. The maximum Gasteiger partial charge on any atom is 0.227 e. The summed E-state index contributed by atoms with van der Waals surface area (Å²) < 4.78 is 10.6. The van der Waals surface area contributed by atoms with E-state index in [2.05, 4.69) is 0 Å². The summed E-state index contributed by atoms with van der Waals surface area (Å²) in [5.41, 5.74) is 1.45. The lowest BCUT2D eigenvalue weighted by molar-refractivity contribution is -0.117. The molecule has 106 valence electrons. The maximum absolute atomic E-state index is 12.2. The molecule has 0 bridgehead atoms. The van der Waals surface area contributed by atoms with Gasteiger partial charge >= 0.3 is 0 Å². The van der Waals surface area contributed by atoms with Gasteiger partial charge in [0.1, 0.15) is 6.10 Å². The Balaban J connectivity index is 1.72. The number of anilines is 1. The van der Waals surface area contributed by atoms with Crippen molar-refractivity contribution in [2.24, 2.45) is 0 Å². The number of hydrogen-bond acceptors (Lipinski definition) is 4. The van der Waals surface area contributed by atoms with Crippen molar-refractivity contribution in [1.29, 1.82) is 0 Å². The molecule has 2 fully saturated rings. The zero-order valence-corrected chi connectivity index (χ0v) is 11.2. The van der Waals surface area contributed by atoms with Crippen LogP contribution < -0.4 is 4.90 Å². The fourth-order valence-corrected chi connectivity index (χ4v) is 2.55. The van der Waals surface area contributed by atoms with Gasteiger partial charge in [-0.1, -0.05) is 0 Å². The lowest BCUT2D eigenvalue weighted by Crippen LogP contribution is -2.35. The summed E-state index contributed by atoms with van der Waals surface area (Å²) in [7, 11) is 0. The number of ketones is 1. The van der Waals surface area contributed by atoms with E-state index in [0.29, 0.717) is 31.8 Å². The van der Waals surface area contributed by atoms with E-state index in [4.69, 9.17) is 9.47 Å². The van der Waals surface area contributed by atoms with Crippen LogP contribution in [-0.2, 0) is 14.3 Å². The summed E-state index contributed by atoms with van der Waals surface area (Å²) in [6, 6.07) is 7.14. The van der Waals surface area contributed by atoms with Gasteiger partial charge in [0.2, 0.25) is 5.91 Å². The predicted octanol–water partition coefficient (Wildman–Crippen LogP) is 1.41. The normalized spacial score (nSPS) is 23.1. The highest BCUT2D eigenvalue weighted by molar-refractivity contribution is 6.00. The molecule has 1 unspecified atom stereocenters. The van der Waals surface area contributed by atoms with Crippen molar-refractivity contribution in [1.82, 2.24) is 0 Å². The van der Waals surface area contributed by atoms with Gasteiger partial charge in [-0.2, -0.15) is 0 Å². The van der Waals surface area contributed by atoms with Crippen molar-refractivity contribution in [3.05, 3.63) is 29.8 Å². The van der Waals surface area contributed by atoms with Crippen molar-refractivity contribution in [2.45, 2.75) is 18.9 Å². The molecule has 0 saturated carbocycles. The van der Waals surface area contributed by atoms with E-state index in [0.717, 1.165) is 18.7 Å². The van der Waals surface area contributed by atoms with Crippen LogP contribution in [0.25, 0.3) is 0 Å². The average Bonchev–Trinajstić information content (AvgIpc) is 2.94. The van der Waals surface area contributed by atoms with Crippen molar-refractivity contribution in [3.63, 3.8) is 0 Å². The highest BCUT2D eigenvalue weighted by atomic mass is 16.6. The molecule has 2 aliphatic rings. The second-order valence-electron chi connectivity index (χ2n) is 4.99. The van der Waals surface area contributed by atoms with Crippen molar-refractivity contribution in [2.75, 3.05) is 31.3 Å². The van der Waals surface area contributed by atoms with E-state index in [9.17, 15) is 9.59 Å². The first-order valence-electron chi connectivity index (χ1n) is 6.90. The lowest BCUT2D eigenvalue weighted by Gasteiger charge is -2.22. The molecule has 0 radical (unpaired) electrons. The molecule has 20 heavy (non-hydrogen) atoms. The van der Waals surface area contributed by atoms with E-state index in [1.807, 2.05) is 12.1 Å². The highest BCUT2D eigenvalue weighted by Gasteiger charge is 2.25. The third-order valence-corrected chi connectivity index (χ3v) is 3.65. The fraction of sp³-hybridized carbons (Fsp3) is 0.467. The molecule has 2 saturated heterocycles. The van der Waals surface area contributed by atoms with Gasteiger partial charge in [0.05, 0.1) is 19.8 Å². The molecule has 1 aromatic rings. The number of hydrogen-bond donors (Lipinski definition) is 0. The molecule has 0 aromatic heterocycles. The third-order valence-electron chi connectivity index (χ3n) is 3.65. The summed E-state index contributed by atoms with van der Waals surface area (Å²) in [5, 5.41) is 0. The molecular formula is C15H17NO4. The first-order chi connectivity index (χ1) is 9.75. The Morgan fingerprint density at radius 3 is 2.60 bits per heavy atom. The van der Waals surface area contributed by atoms with Gasteiger partial charge in [0.15, 0.2) is 5.78 Å². The van der Waals surface area contributed by atoms with E-state index >= 15 is 0 Å². The van der Waals surface area contributed by atoms with Crippen LogP contribution in [0, 0.1) is 0 Å². The summed E-state index contributed by atoms with van der Waals surface area (Å²) >= 11 is 0. The molecule has 5 nitrogen and oxygen atoms in total. The number of rotatable bonds is 3. The minimum atomic E-state index is -0.511. The van der Waals surface area contributed by atoms with Gasteiger partial charge in [0.25, 0.3) is 0 Å². The largest absolute Gasteiger partial charge is 0.376 e. The Morgan fingerprint density at radius 2 is 2.00 bits per heavy atom. The van der Waals surface area contributed by atoms with Crippen molar-refractivity contribution < 1.29 is 19.1 Å². The van der Waals surface area contributed by atoms with Gasteiger partial charge in [0, 0.05) is 24.2 Å². The molecule has 2 heterocycles. The molecule has 0 aliphatic carbocycles. The van der Waals surface area contributed by atoms with E-state index in [-0.39, 0.29) is 11.7 Å². The average molecular weight is 275 g/mol. The van der Waals surface area contributed by atoms with Crippen LogP contribution in [-0.4, -0.2) is 44.2 Å². The topological polar surface area (TPSA) is 55.8 Å². The molecule has 1 aromatic carbocycles. The quantitative estimate of drug-likeness (QED) is 0.783. The van der Waals surface area contributed by atoms with E-state index in [1.54, 1.807) is 17.0 Å². The Kier molecular flexibility index (Phi) is 3.80. The molecule has 0 N–H and O–H groups in total. The van der Waals surface area contributed by atoms with Gasteiger partial charge in [-0.05, 0) is 30.7 Å². The molecule has 1 amide bonds. The second-order valence-corrected chi connectivity index (χ2v) is 4.99. The van der Waals surface area contributed by atoms with Crippen LogP contribution in [0.2, 0.25) is 0 Å². The summed E-state index contributed by atoms with van der Waals surface area (Å²) in [6.07, 6.45) is 0.990.